The summed E-state index contributed by atoms with van der Waals surface area (Å²) in [5.41, 5.74) is 3.17. The maximum atomic E-state index is 5.61. The quantitative estimate of drug-likeness (QED) is 0.751. The SMILES string of the molecule is C[C@@H]1CN(Cc2cccc(CNc3ccc4nnnn4n3)c2)CCO1. The first-order chi connectivity index (χ1) is 12.3. The smallest absolute Gasteiger partial charge is 0.200 e. The van der Waals surface area contributed by atoms with Crippen LogP contribution in [0.25, 0.3) is 5.65 Å². The summed E-state index contributed by atoms with van der Waals surface area (Å²) in [4.78, 5) is 2.44. The predicted molar refractivity (Wildman–Crippen MR) is 93.0 cm³/mol. The number of aromatic nitrogens is 5. The Morgan fingerprint density at radius 2 is 2.16 bits per heavy atom. The fraction of sp³-hybridized carbons (Fsp3) is 0.412. The van der Waals surface area contributed by atoms with E-state index in [1.165, 1.54) is 15.8 Å². The van der Waals surface area contributed by atoms with Crippen molar-refractivity contribution in [2.45, 2.75) is 26.1 Å². The zero-order chi connectivity index (χ0) is 17.1. The van der Waals surface area contributed by atoms with E-state index in [4.69, 9.17) is 4.74 Å². The highest BCUT2D eigenvalue weighted by atomic mass is 16.5. The van der Waals surface area contributed by atoms with E-state index in [0.717, 1.165) is 32.1 Å². The molecule has 25 heavy (non-hydrogen) atoms. The van der Waals surface area contributed by atoms with E-state index >= 15 is 0 Å². The average Bonchev–Trinajstić information content (AvgIpc) is 3.08. The molecule has 4 rings (SSSR count). The second-order valence-electron chi connectivity index (χ2n) is 6.34. The van der Waals surface area contributed by atoms with Crippen LogP contribution in [0, 0.1) is 0 Å². The lowest BCUT2D eigenvalue weighted by Gasteiger charge is -2.31. The van der Waals surface area contributed by atoms with Crippen LogP contribution in [0.2, 0.25) is 0 Å². The zero-order valence-corrected chi connectivity index (χ0v) is 14.2. The van der Waals surface area contributed by atoms with E-state index in [1.807, 2.05) is 12.1 Å². The summed E-state index contributed by atoms with van der Waals surface area (Å²) in [7, 11) is 0. The number of benzene rings is 1. The Hall–Kier alpha value is -2.58. The molecule has 0 saturated carbocycles. The number of hydrogen-bond acceptors (Lipinski definition) is 7. The number of nitrogens with zero attached hydrogens (tertiary/aromatic N) is 6. The molecule has 2 aromatic heterocycles. The topological polar surface area (TPSA) is 80.5 Å². The lowest BCUT2D eigenvalue weighted by Crippen LogP contribution is -2.40. The standard InChI is InChI=1S/C17H21N7O/c1-13-11-23(7-8-25-13)12-15-4-2-3-14(9-15)10-18-16-5-6-17-19-21-22-24(17)20-16/h2-6,9,13H,7-8,10-12H2,1H3,(H,18,20)/t13-/m1/s1. The van der Waals surface area contributed by atoms with Crippen LogP contribution in [0.4, 0.5) is 5.82 Å². The maximum Gasteiger partial charge on any atom is 0.200 e. The van der Waals surface area contributed by atoms with Gasteiger partial charge in [-0.1, -0.05) is 24.3 Å². The Labute approximate surface area is 145 Å². The van der Waals surface area contributed by atoms with Crippen LogP contribution in [-0.2, 0) is 17.8 Å². The lowest BCUT2D eigenvalue weighted by molar-refractivity contribution is -0.0212. The van der Waals surface area contributed by atoms with Crippen molar-refractivity contribution < 1.29 is 4.74 Å². The molecule has 1 atom stereocenters. The van der Waals surface area contributed by atoms with Crippen LogP contribution in [0.1, 0.15) is 18.1 Å². The molecule has 1 N–H and O–H groups in total. The third-order valence-electron chi connectivity index (χ3n) is 4.27. The Balaban J connectivity index is 1.39. The third kappa shape index (κ3) is 3.92. The first-order valence-corrected chi connectivity index (χ1v) is 8.47. The molecule has 0 amide bonds. The highest BCUT2D eigenvalue weighted by Gasteiger charge is 2.16. The fourth-order valence-electron chi connectivity index (χ4n) is 3.07. The number of tetrazole rings is 1. The molecule has 1 aromatic carbocycles. The molecule has 0 radical (unpaired) electrons. The molecular formula is C17H21N7O. The monoisotopic (exact) mass is 339 g/mol. The number of morpholine rings is 1. The molecule has 0 aliphatic carbocycles. The largest absolute Gasteiger partial charge is 0.376 e. The van der Waals surface area contributed by atoms with Crippen molar-refractivity contribution in [3.05, 3.63) is 47.5 Å². The summed E-state index contributed by atoms with van der Waals surface area (Å²) in [6.45, 7) is 6.57. The minimum Gasteiger partial charge on any atom is -0.376 e. The van der Waals surface area contributed by atoms with E-state index < -0.39 is 0 Å². The first kappa shape index (κ1) is 15.9. The lowest BCUT2D eigenvalue weighted by atomic mass is 10.1. The van der Waals surface area contributed by atoms with Crippen molar-refractivity contribution in [3.63, 3.8) is 0 Å². The molecule has 3 heterocycles. The second kappa shape index (κ2) is 7.12. The summed E-state index contributed by atoms with van der Waals surface area (Å²) >= 11 is 0. The van der Waals surface area contributed by atoms with Crippen LogP contribution >= 0.6 is 0 Å². The van der Waals surface area contributed by atoms with Crippen LogP contribution in [0.15, 0.2) is 36.4 Å². The number of ether oxygens (including phenoxy) is 1. The van der Waals surface area contributed by atoms with E-state index in [9.17, 15) is 0 Å². The Kier molecular flexibility index (Phi) is 4.53. The molecule has 8 heteroatoms. The third-order valence-corrected chi connectivity index (χ3v) is 4.27. The number of hydrogen-bond donors (Lipinski definition) is 1. The molecule has 8 nitrogen and oxygen atoms in total. The highest BCUT2D eigenvalue weighted by Crippen LogP contribution is 2.13. The van der Waals surface area contributed by atoms with Crippen LogP contribution in [-0.4, -0.2) is 56.0 Å². The molecule has 1 aliphatic rings. The van der Waals surface area contributed by atoms with Crippen molar-refractivity contribution in [1.82, 2.24) is 30.2 Å². The number of fused-ring (bicyclic) bond motifs is 1. The van der Waals surface area contributed by atoms with E-state index in [-0.39, 0.29) is 0 Å². The van der Waals surface area contributed by atoms with Gasteiger partial charge in [0.2, 0.25) is 0 Å². The summed E-state index contributed by atoms with van der Waals surface area (Å²) in [5.74, 6) is 0.743. The van der Waals surface area contributed by atoms with Gasteiger partial charge in [-0.15, -0.1) is 14.8 Å². The van der Waals surface area contributed by atoms with E-state index in [2.05, 4.69) is 62.0 Å². The minimum absolute atomic E-state index is 0.311. The summed E-state index contributed by atoms with van der Waals surface area (Å²) < 4.78 is 7.02. The van der Waals surface area contributed by atoms with Crippen molar-refractivity contribution in [3.8, 4) is 0 Å². The van der Waals surface area contributed by atoms with E-state index in [0.29, 0.717) is 18.3 Å². The van der Waals surface area contributed by atoms with Gasteiger partial charge in [0.25, 0.3) is 0 Å². The van der Waals surface area contributed by atoms with Gasteiger partial charge in [0.1, 0.15) is 5.82 Å². The van der Waals surface area contributed by atoms with Crippen molar-refractivity contribution in [2.24, 2.45) is 0 Å². The first-order valence-electron chi connectivity index (χ1n) is 8.47. The predicted octanol–water partition coefficient (Wildman–Crippen LogP) is 1.35. The molecule has 0 bridgehead atoms. The van der Waals surface area contributed by atoms with Crippen molar-refractivity contribution >= 4 is 11.5 Å². The Bertz CT molecular complexity index is 850. The fourth-order valence-corrected chi connectivity index (χ4v) is 3.07. The van der Waals surface area contributed by atoms with Gasteiger partial charge in [-0.3, -0.25) is 4.90 Å². The highest BCUT2D eigenvalue weighted by molar-refractivity contribution is 5.42. The summed E-state index contributed by atoms with van der Waals surface area (Å²) in [6, 6.07) is 12.4. The minimum atomic E-state index is 0.311. The van der Waals surface area contributed by atoms with Gasteiger partial charge >= 0.3 is 0 Å². The van der Waals surface area contributed by atoms with Gasteiger partial charge in [-0.2, -0.15) is 0 Å². The number of anilines is 1. The normalized spacial score (nSPS) is 18.5. The van der Waals surface area contributed by atoms with Gasteiger partial charge < -0.3 is 10.1 Å². The zero-order valence-electron chi connectivity index (χ0n) is 14.2. The van der Waals surface area contributed by atoms with E-state index in [1.54, 1.807) is 0 Å². The molecule has 1 fully saturated rings. The molecule has 0 unspecified atom stereocenters. The molecule has 0 spiro atoms. The average molecular weight is 339 g/mol. The number of nitrogens with one attached hydrogen (secondary N) is 1. The molecule has 1 saturated heterocycles. The van der Waals surface area contributed by atoms with Gasteiger partial charge in [0, 0.05) is 26.2 Å². The molecule has 130 valence electrons. The molecular weight excluding hydrogens is 318 g/mol. The summed E-state index contributed by atoms with van der Waals surface area (Å²) in [6.07, 6.45) is 0.311. The Morgan fingerprint density at radius 1 is 1.24 bits per heavy atom. The maximum absolute atomic E-state index is 5.61. The Morgan fingerprint density at radius 3 is 3.08 bits per heavy atom. The number of rotatable bonds is 5. The second-order valence-corrected chi connectivity index (χ2v) is 6.34. The summed E-state index contributed by atoms with van der Waals surface area (Å²) in [5, 5.41) is 18.9. The van der Waals surface area contributed by atoms with Gasteiger partial charge in [0.15, 0.2) is 5.65 Å². The van der Waals surface area contributed by atoms with Crippen LogP contribution in [0.5, 0.6) is 0 Å². The van der Waals surface area contributed by atoms with Gasteiger partial charge in [-0.25, -0.2) is 0 Å². The van der Waals surface area contributed by atoms with Crippen LogP contribution in [0.3, 0.4) is 0 Å². The molecule has 1 aliphatic heterocycles. The van der Waals surface area contributed by atoms with Gasteiger partial charge in [0.05, 0.1) is 12.7 Å². The van der Waals surface area contributed by atoms with Crippen molar-refractivity contribution in [2.75, 3.05) is 25.0 Å². The molecule has 3 aromatic rings. The van der Waals surface area contributed by atoms with Crippen molar-refractivity contribution in [1.29, 1.82) is 0 Å². The van der Waals surface area contributed by atoms with Gasteiger partial charge in [-0.05, 0) is 40.6 Å². The van der Waals surface area contributed by atoms with Crippen LogP contribution < -0.4 is 5.32 Å².